The number of pyridine rings is 1. The van der Waals surface area contributed by atoms with Crippen molar-refractivity contribution in [2.24, 2.45) is 5.73 Å². The summed E-state index contributed by atoms with van der Waals surface area (Å²) in [4.78, 5) is 6.47. The van der Waals surface area contributed by atoms with E-state index < -0.39 is 0 Å². The van der Waals surface area contributed by atoms with Gasteiger partial charge in [0.2, 0.25) is 0 Å². The predicted molar refractivity (Wildman–Crippen MR) is 53.8 cm³/mol. The Labute approximate surface area is 78.6 Å². The lowest BCUT2D eigenvalue weighted by molar-refractivity contribution is 0.752. The van der Waals surface area contributed by atoms with Gasteiger partial charge >= 0.3 is 0 Å². The number of nitrogens with zero attached hydrogens (tertiary/aromatic N) is 2. The highest BCUT2D eigenvalue weighted by molar-refractivity contribution is 5.47. The summed E-state index contributed by atoms with van der Waals surface area (Å²) in [6, 6.07) is 2.49. The van der Waals surface area contributed by atoms with Crippen LogP contribution in [0.2, 0.25) is 0 Å². The molecule has 0 bridgehead atoms. The van der Waals surface area contributed by atoms with E-state index in [9.17, 15) is 0 Å². The van der Waals surface area contributed by atoms with Gasteiger partial charge in [-0.15, -0.1) is 0 Å². The molecular weight excluding hydrogens is 162 g/mol. The third kappa shape index (κ3) is 1.80. The summed E-state index contributed by atoms with van der Waals surface area (Å²) in [7, 11) is 0. The van der Waals surface area contributed by atoms with Crippen LogP contribution in [-0.4, -0.2) is 24.1 Å². The number of hydrogen-bond donors (Lipinski definition) is 1. The molecule has 1 aromatic heterocycles. The molecule has 0 radical (unpaired) electrons. The normalized spacial score (nSPS) is 22.3. The van der Waals surface area contributed by atoms with Crippen LogP contribution in [0.4, 0.5) is 5.69 Å². The molecule has 2 N–H and O–H groups in total. The van der Waals surface area contributed by atoms with Crippen molar-refractivity contribution < 1.29 is 0 Å². The predicted octanol–water partition coefficient (Wildman–Crippen LogP) is 0.927. The van der Waals surface area contributed by atoms with Crippen LogP contribution in [0.1, 0.15) is 12.0 Å². The smallest absolute Gasteiger partial charge is 0.0555 e. The van der Waals surface area contributed by atoms with Crippen LogP contribution in [0, 0.1) is 6.92 Å². The van der Waals surface area contributed by atoms with Crippen LogP contribution >= 0.6 is 0 Å². The highest BCUT2D eigenvalue weighted by atomic mass is 15.2. The van der Waals surface area contributed by atoms with Crippen molar-refractivity contribution in [2.45, 2.75) is 19.4 Å². The number of nitrogens with two attached hydrogens (primary N) is 1. The zero-order chi connectivity index (χ0) is 9.26. The molecule has 1 fully saturated rings. The van der Waals surface area contributed by atoms with Crippen LogP contribution in [-0.2, 0) is 0 Å². The van der Waals surface area contributed by atoms with Crippen molar-refractivity contribution in [1.29, 1.82) is 0 Å². The summed E-state index contributed by atoms with van der Waals surface area (Å²) in [5.74, 6) is 0. The van der Waals surface area contributed by atoms with Gasteiger partial charge in [-0.3, -0.25) is 4.98 Å². The summed E-state index contributed by atoms with van der Waals surface area (Å²) < 4.78 is 0. The lowest BCUT2D eigenvalue weighted by atomic mass is 10.3. The molecule has 1 saturated heterocycles. The third-order valence-corrected chi connectivity index (χ3v) is 2.45. The molecule has 2 rings (SSSR count). The van der Waals surface area contributed by atoms with Gasteiger partial charge in [-0.2, -0.15) is 0 Å². The fraction of sp³-hybridized carbons (Fsp3) is 0.500. The molecule has 0 aromatic carbocycles. The first-order chi connectivity index (χ1) is 6.25. The highest BCUT2D eigenvalue weighted by Gasteiger charge is 2.19. The molecule has 1 aromatic rings. The zero-order valence-electron chi connectivity index (χ0n) is 7.90. The average molecular weight is 177 g/mol. The molecule has 1 atom stereocenters. The Bertz CT molecular complexity index is 298. The highest BCUT2D eigenvalue weighted by Crippen LogP contribution is 2.19. The fourth-order valence-corrected chi connectivity index (χ4v) is 1.73. The van der Waals surface area contributed by atoms with Gasteiger partial charge in [0.15, 0.2) is 0 Å². The van der Waals surface area contributed by atoms with Gasteiger partial charge in [0.05, 0.1) is 11.9 Å². The van der Waals surface area contributed by atoms with E-state index in [4.69, 9.17) is 5.73 Å². The van der Waals surface area contributed by atoms with E-state index in [1.165, 1.54) is 11.3 Å². The molecule has 0 amide bonds. The SMILES string of the molecule is Cc1cncc(N2CC[C@H](N)C2)c1. The Morgan fingerprint density at radius 2 is 2.38 bits per heavy atom. The van der Waals surface area contributed by atoms with Gasteiger partial charge in [-0.05, 0) is 25.0 Å². The zero-order valence-corrected chi connectivity index (χ0v) is 7.90. The molecule has 1 aliphatic rings. The summed E-state index contributed by atoms with van der Waals surface area (Å²) in [6.45, 7) is 4.09. The Balaban J connectivity index is 2.16. The minimum atomic E-state index is 0.334. The van der Waals surface area contributed by atoms with Gasteiger partial charge in [0.25, 0.3) is 0 Å². The van der Waals surface area contributed by atoms with Crippen LogP contribution in [0.3, 0.4) is 0 Å². The number of hydrogen-bond acceptors (Lipinski definition) is 3. The minimum absolute atomic E-state index is 0.334. The van der Waals surface area contributed by atoms with E-state index in [0.717, 1.165) is 19.5 Å². The topological polar surface area (TPSA) is 42.2 Å². The van der Waals surface area contributed by atoms with E-state index in [-0.39, 0.29) is 0 Å². The summed E-state index contributed by atoms with van der Waals surface area (Å²) >= 11 is 0. The molecule has 0 saturated carbocycles. The second kappa shape index (κ2) is 3.34. The molecule has 70 valence electrons. The average Bonchev–Trinajstić information content (AvgIpc) is 2.52. The van der Waals surface area contributed by atoms with Crippen molar-refractivity contribution in [2.75, 3.05) is 18.0 Å². The lowest BCUT2D eigenvalue weighted by Crippen LogP contribution is -2.26. The number of rotatable bonds is 1. The second-order valence-electron chi connectivity index (χ2n) is 3.72. The van der Waals surface area contributed by atoms with Gasteiger partial charge in [0, 0.05) is 25.3 Å². The second-order valence-corrected chi connectivity index (χ2v) is 3.72. The Kier molecular flexibility index (Phi) is 2.19. The standard InChI is InChI=1S/C10H15N3/c1-8-4-10(6-12-5-8)13-3-2-9(11)7-13/h4-6,9H,2-3,7,11H2,1H3/t9-/m0/s1. The van der Waals surface area contributed by atoms with Crippen molar-refractivity contribution in [3.05, 3.63) is 24.0 Å². The Hall–Kier alpha value is -1.09. The van der Waals surface area contributed by atoms with Gasteiger partial charge in [-0.1, -0.05) is 0 Å². The van der Waals surface area contributed by atoms with Gasteiger partial charge in [0.1, 0.15) is 0 Å². The Morgan fingerprint density at radius 1 is 1.54 bits per heavy atom. The molecule has 13 heavy (non-hydrogen) atoms. The quantitative estimate of drug-likeness (QED) is 0.693. The molecule has 0 spiro atoms. The molecule has 3 heteroatoms. The third-order valence-electron chi connectivity index (χ3n) is 2.45. The van der Waals surface area contributed by atoms with E-state index in [1.807, 2.05) is 12.4 Å². The van der Waals surface area contributed by atoms with Crippen molar-refractivity contribution in [3.8, 4) is 0 Å². The number of aryl methyl sites for hydroxylation is 1. The lowest BCUT2D eigenvalue weighted by Gasteiger charge is -2.17. The first-order valence-electron chi connectivity index (χ1n) is 4.68. The van der Waals surface area contributed by atoms with E-state index >= 15 is 0 Å². The maximum Gasteiger partial charge on any atom is 0.0555 e. The van der Waals surface area contributed by atoms with E-state index in [0.29, 0.717) is 6.04 Å². The van der Waals surface area contributed by atoms with Crippen molar-refractivity contribution >= 4 is 5.69 Å². The molecule has 2 heterocycles. The summed E-state index contributed by atoms with van der Waals surface area (Å²) in [5, 5.41) is 0. The molecule has 0 aliphatic carbocycles. The van der Waals surface area contributed by atoms with Gasteiger partial charge in [-0.25, -0.2) is 0 Å². The fourth-order valence-electron chi connectivity index (χ4n) is 1.73. The molecule has 1 aliphatic heterocycles. The molecule has 3 nitrogen and oxygen atoms in total. The van der Waals surface area contributed by atoms with E-state index in [2.05, 4.69) is 22.9 Å². The largest absolute Gasteiger partial charge is 0.369 e. The van der Waals surface area contributed by atoms with Crippen LogP contribution in [0.5, 0.6) is 0 Å². The summed E-state index contributed by atoms with van der Waals surface area (Å²) in [5.41, 5.74) is 8.25. The first kappa shape index (κ1) is 8.51. The Morgan fingerprint density at radius 3 is 3.00 bits per heavy atom. The van der Waals surface area contributed by atoms with Crippen molar-refractivity contribution in [3.63, 3.8) is 0 Å². The van der Waals surface area contributed by atoms with Crippen molar-refractivity contribution in [1.82, 2.24) is 4.98 Å². The molecule has 0 unspecified atom stereocenters. The van der Waals surface area contributed by atoms with Gasteiger partial charge < -0.3 is 10.6 Å². The van der Waals surface area contributed by atoms with Crippen LogP contribution in [0.15, 0.2) is 18.5 Å². The molecular formula is C10H15N3. The monoisotopic (exact) mass is 177 g/mol. The summed E-state index contributed by atoms with van der Waals surface area (Å²) in [6.07, 6.45) is 4.87. The number of aromatic nitrogens is 1. The van der Waals surface area contributed by atoms with E-state index in [1.54, 1.807) is 0 Å². The number of anilines is 1. The van der Waals surface area contributed by atoms with Crippen LogP contribution in [0.25, 0.3) is 0 Å². The first-order valence-corrected chi connectivity index (χ1v) is 4.68. The minimum Gasteiger partial charge on any atom is -0.369 e. The maximum atomic E-state index is 5.84. The van der Waals surface area contributed by atoms with Crippen LogP contribution < -0.4 is 10.6 Å². The maximum absolute atomic E-state index is 5.84.